The zero-order valence-corrected chi connectivity index (χ0v) is 11.0. The molecule has 1 rings (SSSR count). The molecule has 0 unspecified atom stereocenters. The molecular weight excluding hydrogens is 260 g/mol. The molecule has 0 fully saturated rings. The van der Waals surface area contributed by atoms with Crippen LogP contribution in [-0.2, 0) is 16.6 Å². The molecule has 0 atom stereocenters. The Balaban J connectivity index is 2.28. The van der Waals surface area contributed by atoms with Gasteiger partial charge in [0.05, 0.1) is 6.54 Å². The van der Waals surface area contributed by atoms with Gasteiger partial charge in [-0.1, -0.05) is 6.08 Å². The van der Waals surface area contributed by atoms with Crippen LogP contribution in [0.3, 0.4) is 0 Å². The fourth-order valence-corrected chi connectivity index (χ4v) is 2.23. The highest BCUT2D eigenvalue weighted by Gasteiger charge is 2.12. The van der Waals surface area contributed by atoms with E-state index in [4.69, 9.17) is 9.56 Å². The lowest BCUT2D eigenvalue weighted by atomic mass is 10.4. The van der Waals surface area contributed by atoms with Crippen LogP contribution in [0.15, 0.2) is 34.3 Å². The Morgan fingerprint density at radius 2 is 2.29 bits per heavy atom. The van der Waals surface area contributed by atoms with Gasteiger partial charge in [-0.05, 0) is 12.1 Å². The molecule has 7 heteroatoms. The second-order valence-corrected chi connectivity index (χ2v) is 5.95. The number of furan rings is 1. The van der Waals surface area contributed by atoms with E-state index in [1.807, 2.05) is 6.08 Å². The number of sulfonamides is 1. The van der Waals surface area contributed by atoms with E-state index >= 15 is 0 Å². The van der Waals surface area contributed by atoms with Gasteiger partial charge in [-0.3, -0.25) is 0 Å². The molecule has 0 radical (unpaired) electrons. The summed E-state index contributed by atoms with van der Waals surface area (Å²) in [5, 5.41) is 7.87. The normalized spacial score (nSPS) is 11.6. The molecule has 0 saturated heterocycles. The number of hydrogen-bond donors (Lipinski definition) is 2. The molecule has 1 aromatic rings. The molecule has 96 valence electrons. The van der Waals surface area contributed by atoms with E-state index < -0.39 is 10.0 Å². The average Bonchev–Trinajstić information content (AvgIpc) is 2.71. The maximum Gasteiger partial charge on any atom is 0.271 e. The minimum Gasteiger partial charge on any atom is -0.447 e. The highest BCUT2D eigenvalue weighted by Crippen LogP contribution is 2.11. The van der Waals surface area contributed by atoms with Crippen LogP contribution < -0.4 is 10.5 Å². The lowest BCUT2D eigenvalue weighted by Gasteiger charge is -2.01. The second-order valence-electron chi connectivity index (χ2n) is 3.31. The van der Waals surface area contributed by atoms with Crippen molar-refractivity contribution in [2.75, 3.05) is 18.1 Å². The number of nitrogens with one attached hydrogen (secondary N) is 1. The van der Waals surface area contributed by atoms with Crippen LogP contribution >= 0.6 is 11.8 Å². The van der Waals surface area contributed by atoms with E-state index in [0.717, 1.165) is 18.1 Å². The number of thioether (sulfide) groups is 1. The lowest BCUT2D eigenvalue weighted by Crippen LogP contribution is -2.16. The van der Waals surface area contributed by atoms with Crippen LogP contribution in [0.1, 0.15) is 5.76 Å². The molecule has 1 aromatic heterocycles. The maximum atomic E-state index is 10.9. The molecular formula is C10H16N2O3S2. The van der Waals surface area contributed by atoms with Gasteiger partial charge in [0, 0.05) is 18.1 Å². The molecule has 0 saturated carbocycles. The van der Waals surface area contributed by atoms with E-state index in [-0.39, 0.29) is 5.09 Å². The molecule has 3 N–H and O–H groups in total. The SMILES string of the molecule is C=CCSCCNCc1ccc(S(N)(=O)=O)o1. The monoisotopic (exact) mass is 276 g/mol. The molecule has 0 aliphatic heterocycles. The van der Waals surface area contributed by atoms with E-state index in [1.54, 1.807) is 17.8 Å². The van der Waals surface area contributed by atoms with Crippen molar-refractivity contribution in [3.8, 4) is 0 Å². The summed E-state index contributed by atoms with van der Waals surface area (Å²) < 4.78 is 27.0. The quantitative estimate of drug-likeness (QED) is 0.545. The fraction of sp³-hybridized carbons (Fsp3) is 0.400. The molecule has 5 nitrogen and oxygen atoms in total. The van der Waals surface area contributed by atoms with Crippen LogP contribution in [0.25, 0.3) is 0 Å². The largest absolute Gasteiger partial charge is 0.447 e. The highest BCUT2D eigenvalue weighted by atomic mass is 32.2. The van der Waals surface area contributed by atoms with Gasteiger partial charge in [0.25, 0.3) is 10.0 Å². The van der Waals surface area contributed by atoms with Gasteiger partial charge >= 0.3 is 0 Å². The number of nitrogens with two attached hydrogens (primary N) is 1. The molecule has 0 aliphatic carbocycles. The van der Waals surface area contributed by atoms with E-state index in [9.17, 15) is 8.42 Å². The molecule has 0 bridgehead atoms. The summed E-state index contributed by atoms with van der Waals surface area (Å²) in [7, 11) is -3.73. The van der Waals surface area contributed by atoms with Crippen LogP contribution in [0.2, 0.25) is 0 Å². The van der Waals surface area contributed by atoms with Gasteiger partial charge in [0.2, 0.25) is 5.09 Å². The topological polar surface area (TPSA) is 85.3 Å². The molecule has 0 aromatic carbocycles. The minimum absolute atomic E-state index is 0.199. The third kappa shape index (κ3) is 5.40. The van der Waals surface area contributed by atoms with Crippen molar-refractivity contribution in [3.63, 3.8) is 0 Å². The molecule has 17 heavy (non-hydrogen) atoms. The maximum absolute atomic E-state index is 10.9. The van der Waals surface area contributed by atoms with Gasteiger partial charge in [-0.25, -0.2) is 13.6 Å². The first-order chi connectivity index (χ1) is 8.04. The summed E-state index contributed by atoms with van der Waals surface area (Å²) in [6.07, 6.45) is 1.86. The predicted molar refractivity (Wildman–Crippen MR) is 69.3 cm³/mol. The van der Waals surface area contributed by atoms with Crippen molar-refractivity contribution < 1.29 is 12.8 Å². The summed E-state index contributed by atoms with van der Waals surface area (Å²) in [6, 6.07) is 2.96. The summed E-state index contributed by atoms with van der Waals surface area (Å²) in [4.78, 5) is 0. The van der Waals surface area contributed by atoms with Crippen LogP contribution in [0, 0.1) is 0 Å². The number of rotatable bonds is 8. The highest BCUT2D eigenvalue weighted by molar-refractivity contribution is 7.99. The smallest absolute Gasteiger partial charge is 0.271 e. The number of primary sulfonamides is 1. The van der Waals surface area contributed by atoms with Crippen molar-refractivity contribution in [2.45, 2.75) is 11.6 Å². The second kappa shape index (κ2) is 6.85. The Labute approximate surface area is 105 Å². The van der Waals surface area contributed by atoms with Gasteiger partial charge in [0.15, 0.2) is 0 Å². The third-order valence-electron chi connectivity index (χ3n) is 1.88. The van der Waals surface area contributed by atoms with E-state index in [1.165, 1.54) is 6.07 Å². The van der Waals surface area contributed by atoms with Crippen molar-refractivity contribution in [2.24, 2.45) is 5.14 Å². The van der Waals surface area contributed by atoms with Crippen molar-refractivity contribution in [3.05, 3.63) is 30.5 Å². The zero-order chi connectivity index (χ0) is 12.7. The first-order valence-electron chi connectivity index (χ1n) is 5.05. The Hall–Kier alpha value is -0.760. The summed E-state index contributed by atoms with van der Waals surface area (Å²) in [5.41, 5.74) is 0. The predicted octanol–water partition coefficient (Wildman–Crippen LogP) is 0.936. The Morgan fingerprint density at radius 3 is 2.88 bits per heavy atom. The van der Waals surface area contributed by atoms with E-state index in [2.05, 4.69) is 11.9 Å². The van der Waals surface area contributed by atoms with E-state index in [0.29, 0.717) is 12.3 Å². The lowest BCUT2D eigenvalue weighted by molar-refractivity contribution is 0.404. The fourth-order valence-electron chi connectivity index (χ4n) is 1.13. The Morgan fingerprint density at radius 1 is 1.53 bits per heavy atom. The standard InChI is InChI=1S/C10H16N2O3S2/c1-2-6-16-7-5-12-8-9-3-4-10(15-9)17(11,13)14/h2-4,12H,1,5-8H2,(H2,11,13,14). The summed E-state index contributed by atoms with van der Waals surface area (Å²) in [5.74, 6) is 2.45. The minimum atomic E-state index is -3.73. The van der Waals surface area contributed by atoms with Crippen molar-refractivity contribution in [1.82, 2.24) is 5.32 Å². The van der Waals surface area contributed by atoms with Gasteiger partial charge < -0.3 is 9.73 Å². The average molecular weight is 276 g/mol. The van der Waals surface area contributed by atoms with Gasteiger partial charge in [-0.15, -0.1) is 6.58 Å². The van der Waals surface area contributed by atoms with Gasteiger partial charge in [-0.2, -0.15) is 11.8 Å². The Bertz CT molecular complexity index is 454. The van der Waals surface area contributed by atoms with Crippen molar-refractivity contribution >= 4 is 21.8 Å². The molecule has 0 amide bonds. The van der Waals surface area contributed by atoms with Crippen LogP contribution in [0.4, 0.5) is 0 Å². The zero-order valence-electron chi connectivity index (χ0n) is 9.39. The molecule has 0 spiro atoms. The Kier molecular flexibility index (Phi) is 5.76. The summed E-state index contributed by atoms with van der Waals surface area (Å²) >= 11 is 1.77. The first-order valence-corrected chi connectivity index (χ1v) is 7.75. The third-order valence-corrected chi connectivity index (χ3v) is 3.62. The molecule has 1 heterocycles. The number of hydrogen-bond acceptors (Lipinski definition) is 5. The summed E-state index contributed by atoms with van der Waals surface area (Å²) in [6.45, 7) is 4.94. The van der Waals surface area contributed by atoms with Crippen molar-refractivity contribution in [1.29, 1.82) is 0 Å². The molecule has 0 aliphatic rings. The van der Waals surface area contributed by atoms with Gasteiger partial charge in [0.1, 0.15) is 5.76 Å². The van der Waals surface area contributed by atoms with Crippen LogP contribution in [0.5, 0.6) is 0 Å². The first kappa shape index (κ1) is 14.3. The van der Waals surface area contributed by atoms with Crippen LogP contribution in [-0.4, -0.2) is 26.5 Å².